The zero-order chi connectivity index (χ0) is 11.4. The average Bonchev–Trinajstić information content (AvgIpc) is 2.21. The van der Waals surface area contributed by atoms with E-state index >= 15 is 0 Å². The summed E-state index contributed by atoms with van der Waals surface area (Å²) in [5.41, 5.74) is 2.77. The van der Waals surface area contributed by atoms with E-state index in [4.69, 9.17) is 4.74 Å². The van der Waals surface area contributed by atoms with E-state index in [1.807, 2.05) is 38.1 Å². The summed E-state index contributed by atoms with van der Waals surface area (Å²) in [6.45, 7) is 5.44. The molecule has 0 bridgehead atoms. The third kappa shape index (κ3) is 2.46. The van der Waals surface area contributed by atoms with Crippen molar-refractivity contribution in [3.63, 3.8) is 0 Å². The molecule has 0 spiro atoms. The van der Waals surface area contributed by atoms with Gasteiger partial charge in [0.15, 0.2) is 5.78 Å². The Morgan fingerprint density at radius 3 is 2.53 bits per heavy atom. The Balaban J connectivity index is 3.28. The first-order chi connectivity index (χ1) is 7.10. The van der Waals surface area contributed by atoms with Gasteiger partial charge in [-0.05, 0) is 44.0 Å². The monoisotopic (exact) mass is 204 g/mol. The lowest BCUT2D eigenvalue weighted by Gasteiger charge is -2.09. The Hall–Kier alpha value is -1.57. The fourth-order valence-corrected chi connectivity index (χ4v) is 1.57. The summed E-state index contributed by atoms with van der Waals surface area (Å²) in [4.78, 5) is 11.4. The Bertz CT molecular complexity index is 403. The lowest BCUT2D eigenvalue weighted by Crippen LogP contribution is -1.98. The minimum atomic E-state index is 0.0776. The number of carbonyl (C=O) groups is 1. The van der Waals surface area contributed by atoms with Gasteiger partial charge in [-0.15, -0.1) is 0 Å². The van der Waals surface area contributed by atoms with Crippen LogP contribution >= 0.6 is 0 Å². The van der Waals surface area contributed by atoms with Crippen molar-refractivity contribution in [2.45, 2.75) is 20.8 Å². The van der Waals surface area contributed by atoms with Crippen molar-refractivity contribution in [2.75, 3.05) is 7.11 Å². The number of ketones is 1. The first kappa shape index (κ1) is 11.5. The minimum absolute atomic E-state index is 0.0776. The molecule has 0 N–H and O–H groups in total. The first-order valence-corrected chi connectivity index (χ1v) is 4.92. The fourth-order valence-electron chi connectivity index (χ4n) is 1.57. The van der Waals surface area contributed by atoms with Gasteiger partial charge in [-0.3, -0.25) is 4.79 Å². The van der Waals surface area contributed by atoms with Gasteiger partial charge in [0.05, 0.1) is 7.11 Å². The number of methoxy groups -OCH3 is 1. The van der Waals surface area contributed by atoms with E-state index in [9.17, 15) is 4.79 Å². The van der Waals surface area contributed by atoms with Crippen LogP contribution in [0.4, 0.5) is 0 Å². The normalized spacial score (nSPS) is 11.3. The van der Waals surface area contributed by atoms with Gasteiger partial charge in [-0.25, -0.2) is 0 Å². The number of rotatable bonds is 3. The van der Waals surface area contributed by atoms with Crippen LogP contribution in [0.2, 0.25) is 0 Å². The van der Waals surface area contributed by atoms with Crippen LogP contribution in [-0.2, 0) is 4.79 Å². The summed E-state index contributed by atoms with van der Waals surface area (Å²) in [5, 5.41) is 0. The van der Waals surface area contributed by atoms with Crippen molar-refractivity contribution in [1.82, 2.24) is 0 Å². The third-order valence-electron chi connectivity index (χ3n) is 2.40. The zero-order valence-corrected chi connectivity index (χ0v) is 9.63. The van der Waals surface area contributed by atoms with Crippen LogP contribution in [0.5, 0.6) is 5.75 Å². The van der Waals surface area contributed by atoms with Crippen molar-refractivity contribution < 1.29 is 9.53 Å². The number of allylic oxidation sites excluding steroid dienone is 2. The molecule has 0 aliphatic carbocycles. The van der Waals surface area contributed by atoms with E-state index in [0.29, 0.717) is 0 Å². The zero-order valence-electron chi connectivity index (χ0n) is 9.63. The molecule has 0 aliphatic heterocycles. The summed E-state index contributed by atoms with van der Waals surface area (Å²) < 4.78 is 5.15. The lowest BCUT2D eigenvalue weighted by atomic mass is 9.97. The van der Waals surface area contributed by atoms with Crippen LogP contribution in [0.3, 0.4) is 0 Å². The van der Waals surface area contributed by atoms with E-state index in [1.165, 1.54) is 0 Å². The smallest absolute Gasteiger partial charge is 0.160 e. The van der Waals surface area contributed by atoms with Crippen molar-refractivity contribution in [3.8, 4) is 5.75 Å². The largest absolute Gasteiger partial charge is 0.497 e. The molecular formula is C13H16O2. The van der Waals surface area contributed by atoms with Crippen molar-refractivity contribution in [2.24, 2.45) is 0 Å². The van der Waals surface area contributed by atoms with Gasteiger partial charge in [0, 0.05) is 5.57 Å². The third-order valence-corrected chi connectivity index (χ3v) is 2.40. The number of hydrogen-bond acceptors (Lipinski definition) is 2. The SMILES string of the molecule is C/C=C(/C(C)=O)c1cc(OC)ccc1C. The molecule has 0 atom stereocenters. The molecule has 2 heteroatoms. The van der Waals surface area contributed by atoms with Gasteiger partial charge in [0.25, 0.3) is 0 Å². The molecule has 0 saturated carbocycles. The molecule has 0 radical (unpaired) electrons. The Kier molecular flexibility index (Phi) is 3.67. The predicted octanol–water partition coefficient (Wildman–Crippen LogP) is 3.00. The second-order valence-electron chi connectivity index (χ2n) is 3.44. The van der Waals surface area contributed by atoms with Gasteiger partial charge in [-0.1, -0.05) is 12.1 Å². The van der Waals surface area contributed by atoms with Crippen LogP contribution in [0.15, 0.2) is 24.3 Å². The topological polar surface area (TPSA) is 26.3 Å². The van der Waals surface area contributed by atoms with E-state index < -0.39 is 0 Å². The highest BCUT2D eigenvalue weighted by Crippen LogP contribution is 2.24. The average molecular weight is 204 g/mol. The molecule has 0 aromatic heterocycles. The van der Waals surface area contributed by atoms with Crippen LogP contribution < -0.4 is 4.74 Å². The molecule has 0 amide bonds. The standard InChI is InChI=1S/C13H16O2/c1-5-12(10(3)14)13-8-11(15-4)7-6-9(13)2/h5-8H,1-4H3/b12-5-. The molecule has 1 rings (SSSR count). The lowest BCUT2D eigenvalue weighted by molar-refractivity contribution is -0.111. The van der Waals surface area contributed by atoms with Crippen LogP contribution in [-0.4, -0.2) is 12.9 Å². The highest BCUT2D eigenvalue weighted by Gasteiger charge is 2.09. The number of benzene rings is 1. The summed E-state index contributed by atoms with van der Waals surface area (Å²) in [6, 6.07) is 5.75. The molecule has 0 saturated heterocycles. The Morgan fingerprint density at radius 1 is 1.40 bits per heavy atom. The minimum Gasteiger partial charge on any atom is -0.497 e. The molecule has 1 aromatic carbocycles. The molecule has 15 heavy (non-hydrogen) atoms. The van der Waals surface area contributed by atoms with E-state index in [0.717, 1.165) is 22.4 Å². The fraction of sp³-hybridized carbons (Fsp3) is 0.308. The number of hydrogen-bond donors (Lipinski definition) is 0. The van der Waals surface area contributed by atoms with Gasteiger partial charge < -0.3 is 4.74 Å². The number of Topliss-reactive ketones (excluding diaryl/α,β-unsaturated/α-hetero) is 1. The second kappa shape index (κ2) is 4.78. The molecule has 1 aromatic rings. The Morgan fingerprint density at radius 2 is 2.07 bits per heavy atom. The second-order valence-corrected chi connectivity index (χ2v) is 3.44. The number of ether oxygens (including phenoxy) is 1. The predicted molar refractivity (Wildman–Crippen MR) is 62.1 cm³/mol. The summed E-state index contributed by atoms with van der Waals surface area (Å²) in [7, 11) is 1.62. The van der Waals surface area contributed by atoms with Gasteiger partial charge in [-0.2, -0.15) is 0 Å². The number of aryl methyl sites for hydroxylation is 1. The molecule has 0 heterocycles. The van der Waals surface area contributed by atoms with Crippen LogP contribution in [0, 0.1) is 6.92 Å². The quantitative estimate of drug-likeness (QED) is 0.707. The molecule has 2 nitrogen and oxygen atoms in total. The van der Waals surface area contributed by atoms with E-state index in [2.05, 4.69) is 0 Å². The van der Waals surface area contributed by atoms with Gasteiger partial charge in [0.2, 0.25) is 0 Å². The molecular weight excluding hydrogens is 188 g/mol. The van der Waals surface area contributed by atoms with Crippen molar-refractivity contribution >= 4 is 11.4 Å². The maximum atomic E-state index is 11.4. The first-order valence-electron chi connectivity index (χ1n) is 4.92. The molecule has 0 unspecified atom stereocenters. The van der Waals surface area contributed by atoms with Crippen LogP contribution in [0.25, 0.3) is 5.57 Å². The molecule has 0 aliphatic rings. The summed E-state index contributed by atoms with van der Waals surface area (Å²) in [5.74, 6) is 0.852. The summed E-state index contributed by atoms with van der Waals surface area (Å²) >= 11 is 0. The van der Waals surface area contributed by atoms with E-state index in [1.54, 1.807) is 14.0 Å². The molecule has 0 fully saturated rings. The summed E-state index contributed by atoms with van der Waals surface area (Å²) in [6.07, 6.45) is 1.84. The maximum Gasteiger partial charge on any atom is 0.160 e. The maximum absolute atomic E-state index is 11.4. The Labute approximate surface area is 90.6 Å². The van der Waals surface area contributed by atoms with E-state index in [-0.39, 0.29) is 5.78 Å². The van der Waals surface area contributed by atoms with Gasteiger partial charge >= 0.3 is 0 Å². The molecule has 80 valence electrons. The highest BCUT2D eigenvalue weighted by atomic mass is 16.5. The van der Waals surface area contributed by atoms with Crippen molar-refractivity contribution in [3.05, 3.63) is 35.4 Å². The highest BCUT2D eigenvalue weighted by molar-refractivity contribution is 6.19. The van der Waals surface area contributed by atoms with Crippen molar-refractivity contribution in [1.29, 1.82) is 0 Å². The van der Waals surface area contributed by atoms with Gasteiger partial charge in [0.1, 0.15) is 5.75 Å². The van der Waals surface area contributed by atoms with Crippen LogP contribution in [0.1, 0.15) is 25.0 Å². The number of carbonyl (C=O) groups excluding carboxylic acids is 1.